The molecule has 1 unspecified atom stereocenters. The number of likely N-dealkylation sites (N-methyl/N-ethyl adjacent to an activating group) is 1. The maximum Gasteiger partial charge on any atom is 0.230 e. The topological polar surface area (TPSA) is 58.2 Å². The maximum absolute atomic E-state index is 12.9. The Morgan fingerprint density at radius 1 is 1.50 bits per heavy atom. The number of para-hydroxylation sites is 1. The van der Waals surface area contributed by atoms with Gasteiger partial charge in [0.25, 0.3) is 0 Å². The number of benzene rings is 1. The first-order chi connectivity index (χ1) is 11.7. The van der Waals surface area contributed by atoms with Crippen molar-refractivity contribution in [3.05, 3.63) is 47.3 Å². The van der Waals surface area contributed by atoms with E-state index in [1.165, 1.54) is 0 Å². The molecule has 0 aliphatic heterocycles. The maximum atomic E-state index is 12.9. The molecule has 0 spiro atoms. The Balaban J connectivity index is 1.73. The van der Waals surface area contributed by atoms with Crippen molar-refractivity contribution in [3.63, 3.8) is 0 Å². The first kappa shape index (κ1) is 16.1. The summed E-state index contributed by atoms with van der Waals surface area (Å²) in [6.07, 6.45) is 9.88. The number of hydrogen-bond acceptors (Lipinski definition) is 3. The SMILES string of the molecule is C#CCOc1ccccc1CN(C)C(=O)C1CCCc2[nH]ncc21. The molecule has 0 saturated heterocycles. The molecular formula is C19H21N3O2. The number of carbonyl (C=O) groups is 1. The van der Waals surface area contributed by atoms with Gasteiger partial charge in [-0.05, 0) is 25.3 Å². The molecule has 5 heteroatoms. The molecule has 1 aliphatic carbocycles. The van der Waals surface area contributed by atoms with E-state index >= 15 is 0 Å². The van der Waals surface area contributed by atoms with Gasteiger partial charge < -0.3 is 9.64 Å². The molecule has 124 valence electrons. The predicted octanol–water partition coefficient (Wildman–Crippen LogP) is 2.50. The second-order valence-corrected chi connectivity index (χ2v) is 6.04. The Morgan fingerprint density at radius 3 is 3.17 bits per heavy atom. The van der Waals surface area contributed by atoms with Gasteiger partial charge in [-0.3, -0.25) is 9.89 Å². The Labute approximate surface area is 142 Å². The van der Waals surface area contributed by atoms with Gasteiger partial charge in [-0.1, -0.05) is 24.1 Å². The number of H-pyrrole nitrogens is 1. The number of nitrogens with one attached hydrogen (secondary N) is 1. The van der Waals surface area contributed by atoms with Crippen molar-refractivity contribution in [2.45, 2.75) is 31.7 Å². The number of aromatic nitrogens is 2. The molecule has 1 aliphatic rings. The van der Waals surface area contributed by atoms with Gasteiger partial charge in [-0.2, -0.15) is 5.10 Å². The smallest absolute Gasteiger partial charge is 0.230 e. The molecule has 3 rings (SSSR count). The normalized spacial score (nSPS) is 16.1. The van der Waals surface area contributed by atoms with Crippen LogP contribution >= 0.6 is 0 Å². The highest BCUT2D eigenvalue weighted by atomic mass is 16.5. The highest BCUT2D eigenvalue weighted by molar-refractivity contribution is 5.84. The van der Waals surface area contributed by atoms with Crippen LogP contribution in [0.3, 0.4) is 0 Å². The van der Waals surface area contributed by atoms with Crippen LogP contribution in [0.25, 0.3) is 0 Å². The number of aryl methyl sites for hydroxylation is 1. The molecule has 0 bridgehead atoms. The van der Waals surface area contributed by atoms with Gasteiger partial charge in [-0.15, -0.1) is 6.42 Å². The van der Waals surface area contributed by atoms with Gasteiger partial charge in [-0.25, -0.2) is 0 Å². The molecular weight excluding hydrogens is 302 g/mol. The van der Waals surface area contributed by atoms with Crippen LogP contribution in [0.5, 0.6) is 5.75 Å². The number of terminal acetylenes is 1. The standard InChI is InChI=1S/C19H21N3O2/c1-3-11-24-18-10-5-4-7-14(18)13-22(2)19(23)15-8-6-9-17-16(15)12-20-21-17/h1,4-5,7,10,12,15H,6,8-9,11,13H2,2H3,(H,20,21). The zero-order valence-electron chi connectivity index (χ0n) is 13.8. The summed E-state index contributed by atoms with van der Waals surface area (Å²) in [5, 5.41) is 7.10. The van der Waals surface area contributed by atoms with Crippen LogP contribution in [0.4, 0.5) is 0 Å². The summed E-state index contributed by atoms with van der Waals surface area (Å²) in [5.74, 6) is 3.19. The number of ether oxygens (including phenoxy) is 1. The zero-order valence-corrected chi connectivity index (χ0v) is 13.8. The first-order valence-electron chi connectivity index (χ1n) is 8.12. The van der Waals surface area contributed by atoms with Gasteiger partial charge in [0, 0.05) is 30.4 Å². The minimum atomic E-state index is -0.115. The summed E-state index contributed by atoms with van der Waals surface area (Å²) >= 11 is 0. The van der Waals surface area contributed by atoms with Crippen LogP contribution < -0.4 is 4.74 Å². The van der Waals surface area contributed by atoms with Gasteiger partial charge >= 0.3 is 0 Å². The van der Waals surface area contributed by atoms with E-state index in [2.05, 4.69) is 16.1 Å². The summed E-state index contributed by atoms with van der Waals surface area (Å²) < 4.78 is 5.57. The summed E-state index contributed by atoms with van der Waals surface area (Å²) in [6, 6.07) is 7.67. The lowest BCUT2D eigenvalue weighted by molar-refractivity contribution is -0.132. The highest BCUT2D eigenvalue weighted by Crippen LogP contribution is 2.32. The lowest BCUT2D eigenvalue weighted by Gasteiger charge is -2.27. The van der Waals surface area contributed by atoms with E-state index in [9.17, 15) is 4.79 Å². The molecule has 24 heavy (non-hydrogen) atoms. The third kappa shape index (κ3) is 3.28. The van der Waals surface area contributed by atoms with Crippen LogP contribution in [0, 0.1) is 12.3 Å². The second-order valence-electron chi connectivity index (χ2n) is 6.04. The molecule has 1 N–H and O–H groups in total. The van der Waals surface area contributed by atoms with E-state index in [1.54, 1.807) is 11.1 Å². The summed E-state index contributed by atoms with van der Waals surface area (Å²) in [5.41, 5.74) is 3.08. The number of fused-ring (bicyclic) bond motifs is 1. The van der Waals surface area contributed by atoms with Crippen LogP contribution in [-0.4, -0.2) is 34.7 Å². The number of nitrogens with zero attached hydrogens (tertiary/aromatic N) is 2. The molecule has 0 fully saturated rings. The van der Waals surface area contributed by atoms with Crippen molar-refractivity contribution in [1.82, 2.24) is 15.1 Å². The van der Waals surface area contributed by atoms with Gasteiger partial charge in [0.2, 0.25) is 5.91 Å². The average molecular weight is 323 g/mol. The van der Waals surface area contributed by atoms with E-state index in [0.717, 1.165) is 41.8 Å². The van der Waals surface area contributed by atoms with Crippen LogP contribution in [-0.2, 0) is 17.8 Å². The average Bonchev–Trinajstić information content (AvgIpc) is 3.09. The van der Waals surface area contributed by atoms with Crippen LogP contribution in [0.2, 0.25) is 0 Å². The van der Waals surface area contributed by atoms with Crippen molar-refractivity contribution in [3.8, 4) is 18.1 Å². The Hall–Kier alpha value is -2.74. The minimum absolute atomic E-state index is 0.115. The van der Waals surface area contributed by atoms with Crippen molar-refractivity contribution in [2.24, 2.45) is 0 Å². The summed E-state index contributed by atoms with van der Waals surface area (Å²) in [7, 11) is 1.83. The molecule has 0 radical (unpaired) electrons. The molecule has 1 atom stereocenters. The molecule has 5 nitrogen and oxygen atoms in total. The Bertz CT molecular complexity index is 760. The van der Waals surface area contributed by atoms with Crippen molar-refractivity contribution < 1.29 is 9.53 Å². The number of rotatable bonds is 5. The van der Waals surface area contributed by atoms with Gasteiger partial charge in [0.05, 0.1) is 12.1 Å². The highest BCUT2D eigenvalue weighted by Gasteiger charge is 2.30. The van der Waals surface area contributed by atoms with Crippen molar-refractivity contribution in [2.75, 3.05) is 13.7 Å². The predicted molar refractivity (Wildman–Crippen MR) is 91.5 cm³/mol. The lowest BCUT2D eigenvalue weighted by Crippen LogP contribution is -2.33. The molecule has 1 amide bonds. The van der Waals surface area contributed by atoms with E-state index in [0.29, 0.717) is 6.54 Å². The fourth-order valence-corrected chi connectivity index (χ4v) is 3.21. The van der Waals surface area contributed by atoms with Gasteiger partial charge in [0.15, 0.2) is 0 Å². The molecule has 1 aromatic heterocycles. The quantitative estimate of drug-likeness (QED) is 0.860. The van der Waals surface area contributed by atoms with E-state index in [1.807, 2.05) is 31.3 Å². The number of hydrogen-bond donors (Lipinski definition) is 1. The number of aromatic amines is 1. The number of amides is 1. The van der Waals surface area contributed by atoms with Crippen LogP contribution in [0.1, 0.15) is 35.6 Å². The molecule has 1 heterocycles. The number of carbonyl (C=O) groups excluding carboxylic acids is 1. The third-order valence-corrected chi connectivity index (χ3v) is 4.41. The molecule has 2 aromatic rings. The molecule has 0 saturated carbocycles. The zero-order chi connectivity index (χ0) is 16.9. The van der Waals surface area contributed by atoms with Crippen molar-refractivity contribution in [1.29, 1.82) is 0 Å². The van der Waals surface area contributed by atoms with Crippen LogP contribution in [0.15, 0.2) is 30.5 Å². The molecule has 1 aromatic carbocycles. The van der Waals surface area contributed by atoms with Crippen molar-refractivity contribution >= 4 is 5.91 Å². The first-order valence-corrected chi connectivity index (χ1v) is 8.12. The minimum Gasteiger partial charge on any atom is -0.481 e. The fraction of sp³-hybridized carbons (Fsp3) is 0.368. The Kier molecular flexibility index (Phi) is 4.85. The van der Waals surface area contributed by atoms with Gasteiger partial charge in [0.1, 0.15) is 12.4 Å². The largest absolute Gasteiger partial charge is 0.481 e. The fourth-order valence-electron chi connectivity index (χ4n) is 3.21. The monoisotopic (exact) mass is 323 g/mol. The summed E-state index contributed by atoms with van der Waals surface area (Å²) in [4.78, 5) is 14.7. The third-order valence-electron chi connectivity index (χ3n) is 4.41. The van der Waals surface area contributed by atoms with E-state index in [-0.39, 0.29) is 18.4 Å². The second kappa shape index (κ2) is 7.22. The lowest BCUT2D eigenvalue weighted by atomic mass is 9.86. The van der Waals surface area contributed by atoms with E-state index in [4.69, 9.17) is 11.2 Å². The summed E-state index contributed by atoms with van der Waals surface area (Å²) in [6.45, 7) is 0.707. The Morgan fingerprint density at radius 2 is 2.33 bits per heavy atom. The van der Waals surface area contributed by atoms with E-state index < -0.39 is 0 Å².